The minimum absolute atomic E-state index is 1.09. The molecular weight excluding hydrogens is 725 g/mol. The van der Waals surface area contributed by atoms with E-state index in [1.54, 1.807) is 0 Å². The fourth-order valence-corrected chi connectivity index (χ4v) is 8.96. The first-order chi connectivity index (χ1) is 29.8. The molecule has 0 atom stereocenters. The SMILES string of the molecule is c1ccc(-c2ccc(N(c3ccc(-c4ccccc4)cc3)c3ccc(-c4c5ccccc5cc5c(-c6ccccc6-c6ccccc6)c6ccccc6n45)cc3)cc2)cc1. The quantitative estimate of drug-likeness (QED) is 0.150. The molecule has 9 aromatic carbocycles. The van der Waals surface area contributed by atoms with Gasteiger partial charge in [-0.15, -0.1) is 0 Å². The molecule has 2 aromatic heterocycles. The van der Waals surface area contributed by atoms with Crippen molar-refractivity contribution in [1.29, 1.82) is 0 Å². The molecule has 11 rings (SSSR count). The molecule has 0 aliphatic heterocycles. The van der Waals surface area contributed by atoms with Crippen LogP contribution in [0.25, 0.3) is 83.0 Å². The third-order valence-electron chi connectivity index (χ3n) is 11.8. The van der Waals surface area contributed by atoms with E-state index < -0.39 is 0 Å². The molecule has 0 spiro atoms. The van der Waals surface area contributed by atoms with Gasteiger partial charge in [0.15, 0.2) is 0 Å². The van der Waals surface area contributed by atoms with Crippen LogP contribution in [0.4, 0.5) is 17.1 Å². The highest BCUT2D eigenvalue weighted by atomic mass is 15.1. The monoisotopic (exact) mass is 764 g/mol. The van der Waals surface area contributed by atoms with E-state index >= 15 is 0 Å². The molecule has 0 unspecified atom stereocenters. The van der Waals surface area contributed by atoms with Gasteiger partial charge in [0.25, 0.3) is 0 Å². The summed E-state index contributed by atoms with van der Waals surface area (Å²) in [7, 11) is 0. The van der Waals surface area contributed by atoms with Crippen LogP contribution in [0.15, 0.2) is 243 Å². The molecule has 0 fully saturated rings. The van der Waals surface area contributed by atoms with Crippen LogP contribution in [0.3, 0.4) is 0 Å². The Hall–Kier alpha value is -7.94. The van der Waals surface area contributed by atoms with Gasteiger partial charge in [-0.25, -0.2) is 0 Å². The molecular formula is C58H40N2. The Labute approximate surface area is 350 Å². The lowest BCUT2D eigenvalue weighted by atomic mass is 9.93. The summed E-state index contributed by atoms with van der Waals surface area (Å²) in [6, 6.07) is 87.8. The van der Waals surface area contributed by atoms with Crippen molar-refractivity contribution in [3.8, 4) is 55.8 Å². The molecule has 11 aromatic rings. The van der Waals surface area contributed by atoms with Crippen molar-refractivity contribution in [2.75, 3.05) is 4.90 Å². The number of rotatable bonds is 8. The Morgan fingerprint density at radius 1 is 0.283 bits per heavy atom. The van der Waals surface area contributed by atoms with Crippen LogP contribution < -0.4 is 4.90 Å². The summed E-state index contributed by atoms with van der Waals surface area (Å²) in [6.07, 6.45) is 0. The number of anilines is 3. The molecule has 0 saturated carbocycles. The van der Waals surface area contributed by atoms with Crippen LogP contribution in [0.5, 0.6) is 0 Å². The van der Waals surface area contributed by atoms with Gasteiger partial charge in [-0.1, -0.05) is 194 Å². The second-order valence-electron chi connectivity index (χ2n) is 15.3. The maximum atomic E-state index is 2.49. The van der Waals surface area contributed by atoms with Crippen molar-refractivity contribution in [3.63, 3.8) is 0 Å². The lowest BCUT2D eigenvalue weighted by molar-refractivity contribution is 1.26. The van der Waals surface area contributed by atoms with Gasteiger partial charge in [0.05, 0.1) is 16.7 Å². The second-order valence-corrected chi connectivity index (χ2v) is 15.3. The number of hydrogen-bond acceptors (Lipinski definition) is 1. The summed E-state index contributed by atoms with van der Waals surface area (Å²) in [5, 5.41) is 3.66. The van der Waals surface area contributed by atoms with Crippen molar-refractivity contribution in [2.24, 2.45) is 0 Å². The van der Waals surface area contributed by atoms with Crippen molar-refractivity contribution in [1.82, 2.24) is 4.40 Å². The number of aromatic nitrogens is 1. The van der Waals surface area contributed by atoms with E-state index in [1.165, 1.54) is 77.4 Å². The maximum Gasteiger partial charge on any atom is 0.0612 e. The minimum Gasteiger partial charge on any atom is -0.311 e. The molecule has 0 aliphatic carbocycles. The molecule has 2 heteroatoms. The Morgan fingerprint density at radius 2 is 0.700 bits per heavy atom. The van der Waals surface area contributed by atoms with E-state index in [0.29, 0.717) is 0 Å². The van der Waals surface area contributed by atoms with Gasteiger partial charge in [-0.3, -0.25) is 0 Å². The standard InChI is InChI=1S/C58H40N2/c1-4-16-41(17-5-1)43-28-34-48(35-29-43)59(49-36-30-44(31-37-49)42-18-6-2-7-19-42)50-38-32-46(33-39-50)58-52-24-11-10-22-47(52)40-56-57(54-26-14-15-27-55(54)60(56)58)53-25-13-12-23-51(53)45-20-8-3-9-21-45/h1-40H. The minimum atomic E-state index is 1.09. The van der Waals surface area contributed by atoms with Gasteiger partial charge in [0, 0.05) is 33.4 Å². The zero-order valence-corrected chi connectivity index (χ0v) is 33.0. The molecule has 60 heavy (non-hydrogen) atoms. The first-order valence-electron chi connectivity index (χ1n) is 20.6. The maximum absolute atomic E-state index is 2.49. The lowest BCUT2D eigenvalue weighted by Gasteiger charge is -2.26. The van der Waals surface area contributed by atoms with Crippen LogP contribution in [0.1, 0.15) is 0 Å². The fraction of sp³-hybridized carbons (Fsp3) is 0. The highest BCUT2D eigenvalue weighted by Crippen LogP contribution is 2.45. The van der Waals surface area contributed by atoms with Crippen LogP contribution in [-0.4, -0.2) is 4.40 Å². The van der Waals surface area contributed by atoms with Gasteiger partial charge in [0.1, 0.15) is 0 Å². The predicted molar refractivity (Wildman–Crippen MR) is 254 cm³/mol. The zero-order chi connectivity index (χ0) is 39.8. The summed E-state index contributed by atoms with van der Waals surface area (Å²) >= 11 is 0. The third kappa shape index (κ3) is 6.23. The Kier molecular flexibility index (Phi) is 8.87. The highest BCUT2D eigenvalue weighted by molar-refractivity contribution is 6.13. The van der Waals surface area contributed by atoms with E-state index in [1.807, 2.05) is 0 Å². The van der Waals surface area contributed by atoms with Crippen LogP contribution in [0, 0.1) is 0 Å². The topological polar surface area (TPSA) is 7.65 Å². The van der Waals surface area contributed by atoms with Crippen LogP contribution in [0.2, 0.25) is 0 Å². The van der Waals surface area contributed by atoms with Gasteiger partial charge < -0.3 is 9.30 Å². The van der Waals surface area contributed by atoms with Crippen molar-refractivity contribution >= 4 is 44.3 Å². The van der Waals surface area contributed by atoms with Crippen molar-refractivity contribution < 1.29 is 0 Å². The van der Waals surface area contributed by atoms with E-state index in [0.717, 1.165) is 22.6 Å². The predicted octanol–water partition coefficient (Wildman–Crippen LogP) is 16.1. The number of para-hydroxylation sites is 1. The lowest BCUT2D eigenvalue weighted by Crippen LogP contribution is -2.10. The van der Waals surface area contributed by atoms with Gasteiger partial charge >= 0.3 is 0 Å². The second kappa shape index (κ2) is 15.1. The Morgan fingerprint density at radius 3 is 1.27 bits per heavy atom. The van der Waals surface area contributed by atoms with E-state index in [9.17, 15) is 0 Å². The fourth-order valence-electron chi connectivity index (χ4n) is 8.96. The summed E-state index contributed by atoms with van der Waals surface area (Å²) in [5.74, 6) is 0. The van der Waals surface area contributed by atoms with E-state index in [2.05, 4.69) is 252 Å². The molecule has 0 aliphatic rings. The largest absolute Gasteiger partial charge is 0.311 e. The zero-order valence-electron chi connectivity index (χ0n) is 33.0. The number of hydrogen-bond donors (Lipinski definition) is 0. The van der Waals surface area contributed by atoms with Crippen LogP contribution >= 0.6 is 0 Å². The molecule has 0 N–H and O–H groups in total. The normalized spacial score (nSPS) is 11.3. The summed E-state index contributed by atoms with van der Waals surface area (Å²) in [5.41, 5.74) is 17.7. The average molecular weight is 765 g/mol. The number of benzene rings is 9. The molecule has 2 heterocycles. The van der Waals surface area contributed by atoms with E-state index in [-0.39, 0.29) is 0 Å². The third-order valence-corrected chi connectivity index (χ3v) is 11.8. The first kappa shape index (κ1) is 35.2. The highest BCUT2D eigenvalue weighted by Gasteiger charge is 2.22. The average Bonchev–Trinajstić information content (AvgIpc) is 3.66. The van der Waals surface area contributed by atoms with Crippen LogP contribution in [-0.2, 0) is 0 Å². The smallest absolute Gasteiger partial charge is 0.0612 e. The van der Waals surface area contributed by atoms with Gasteiger partial charge in [0.2, 0.25) is 0 Å². The van der Waals surface area contributed by atoms with E-state index in [4.69, 9.17) is 0 Å². The number of pyridine rings is 1. The first-order valence-corrected chi connectivity index (χ1v) is 20.6. The molecule has 0 saturated heterocycles. The van der Waals surface area contributed by atoms with Gasteiger partial charge in [-0.05, 0) is 98.4 Å². The Bertz CT molecular complexity index is 3170. The number of fused-ring (bicyclic) bond motifs is 4. The molecule has 0 amide bonds. The summed E-state index contributed by atoms with van der Waals surface area (Å²) in [4.78, 5) is 2.36. The summed E-state index contributed by atoms with van der Waals surface area (Å²) in [6.45, 7) is 0. The van der Waals surface area contributed by atoms with Crippen molar-refractivity contribution in [2.45, 2.75) is 0 Å². The number of nitrogens with zero attached hydrogens (tertiary/aromatic N) is 2. The van der Waals surface area contributed by atoms with Crippen molar-refractivity contribution in [3.05, 3.63) is 243 Å². The molecule has 0 bridgehead atoms. The summed E-state index contributed by atoms with van der Waals surface area (Å²) < 4.78 is 2.49. The molecule has 2 nitrogen and oxygen atoms in total. The molecule has 282 valence electrons. The molecule has 0 radical (unpaired) electrons. The Balaban J connectivity index is 1.08. The van der Waals surface area contributed by atoms with Gasteiger partial charge in [-0.2, -0.15) is 0 Å².